The first-order valence-electron chi connectivity index (χ1n) is 4.92. The first-order valence-corrected chi connectivity index (χ1v) is 5.80. The normalized spacial score (nSPS) is 19.8. The molecule has 1 heteroatoms. The molecular formula is C11H16S. The summed E-state index contributed by atoms with van der Waals surface area (Å²) in [7, 11) is 0. The van der Waals surface area contributed by atoms with Crippen LogP contribution in [0.3, 0.4) is 0 Å². The summed E-state index contributed by atoms with van der Waals surface area (Å²) in [5, 5.41) is 2.24. The molecule has 0 unspecified atom stereocenters. The Morgan fingerprint density at radius 3 is 2.58 bits per heavy atom. The molecule has 0 aliphatic heterocycles. The van der Waals surface area contributed by atoms with Crippen molar-refractivity contribution >= 4 is 11.3 Å². The van der Waals surface area contributed by atoms with Crippen molar-refractivity contribution in [2.24, 2.45) is 0 Å². The topological polar surface area (TPSA) is 0 Å². The van der Waals surface area contributed by atoms with Gasteiger partial charge in [0.15, 0.2) is 0 Å². The van der Waals surface area contributed by atoms with Crippen LogP contribution in [0.5, 0.6) is 0 Å². The van der Waals surface area contributed by atoms with Gasteiger partial charge in [0.05, 0.1) is 0 Å². The Balaban J connectivity index is 2.13. The first kappa shape index (κ1) is 8.31. The van der Waals surface area contributed by atoms with Gasteiger partial charge in [-0.25, -0.2) is 0 Å². The number of rotatable bonds is 1. The molecule has 0 atom stereocenters. The molecule has 0 amide bonds. The zero-order chi connectivity index (χ0) is 8.39. The largest absolute Gasteiger partial charge is 0.149 e. The number of aryl methyl sites for hydroxylation is 1. The third-order valence-corrected chi connectivity index (χ3v) is 3.81. The Morgan fingerprint density at radius 2 is 2.00 bits per heavy atom. The maximum atomic E-state index is 2.33. The summed E-state index contributed by atoms with van der Waals surface area (Å²) in [6.07, 6.45) is 7.20. The molecule has 12 heavy (non-hydrogen) atoms. The Morgan fingerprint density at radius 1 is 1.25 bits per heavy atom. The number of hydrogen-bond donors (Lipinski definition) is 0. The Labute approximate surface area is 78.6 Å². The molecule has 0 aromatic carbocycles. The molecule has 0 N–H and O–H groups in total. The van der Waals surface area contributed by atoms with Crippen molar-refractivity contribution in [1.82, 2.24) is 0 Å². The quantitative estimate of drug-likeness (QED) is 0.610. The van der Waals surface area contributed by atoms with Crippen LogP contribution < -0.4 is 0 Å². The lowest BCUT2D eigenvalue weighted by atomic mass is 9.84. The zero-order valence-electron chi connectivity index (χ0n) is 7.68. The van der Waals surface area contributed by atoms with E-state index in [-0.39, 0.29) is 0 Å². The van der Waals surface area contributed by atoms with E-state index < -0.39 is 0 Å². The molecule has 1 fully saturated rings. The molecule has 1 aliphatic carbocycles. The maximum Gasteiger partial charge on any atom is 0.00490 e. The summed E-state index contributed by atoms with van der Waals surface area (Å²) in [6.45, 7) is 2.26. The van der Waals surface area contributed by atoms with Crippen molar-refractivity contribution in [3.05, 3.63) is 21.9 Å². The summed E-state index contributed by atoms with van der Waals surface area (Å²) >= 11 is 1.90. The van der Waals surface area contributed by atoms with Crippen molar-refractivity contribution < 1.29 is 0 Å². The van der Waals surface area contributed by atoms with E-state index in [2.05, 4.69) is 18.4 Å². The van der Waals surface area contributed by atoms with Gasteiger partial charge in [0.2, 0.25) is 0 Å². The fraction of sp³-hybridized carbons (Fsp3) is 0.636. The van der Waals surface area contributed by atoms with Crippen molar-refractivity contribution in [2.45, 2.75) is 44.9 Å². The smallest absolute Gasteiger partial charge is 0.00490 e. The van der Waals surface area contributed by atoms with Gasteiger partial charge in [0.25, 0.3) is 0 Å². The van der Waals surface area contributed by atoms with E-state index in [1.807, 2.05) is 11.3 Å². The third kappa shape index (κ3) is 1.56. The van der Waals surface area contributed by atoms with E-state index in [1.165, 1.54) is 32.1 Å². The van der Waals surface area contributed by atoms with Crippen LogP contribution in [0.25, 0.3) is 0 Å². The predicted octanol–water partition coefficient (Wildman–Crippen LogP) is 4.10. The highest BCUT2D eigenvalue weighted by atomic mass is 32.1. The molecule has 1 saturated carbocycles. The van der Waals surface area contributed by atoms with E-state index in [0.29, 0.717) is 0 Å². The highest BCUT2D eigenvalue weighted by Crippen LogP contribution is 2.35. The minimum absolute atomic E-state index is 0.894. The second kappa shape index (κ2) is 3.61. The van der Waals surface area contributed by atoms with E-state index in [9.17, 15) is 0 Å². The van der Waals surface area contributed by atoms with Gasteiger partial charge in [-0.3, -0.25) is 0 Å². The van der Waals surface area contributed by atoms with Crippen molar-refractivity contribution in [3.63, 3.8) is 0 Å². The average molecular weight is 180 g/mol. The van der Waals surface area contributed by atoms with Gasteiger partial charge < -0.3 is 0 Å². The molecule has 0 nitrogen and oxygen atoms in total. The van der Waals surface area contributed by atoms with Gasteiger partial charge >= 0.3 is 0 Å². The molecule has 1 aromatic heterocycles. The molecule has 1 aliphatic rings. The molecule has 0 bridgehead atoms. The van der Waals surface area contributed by atoms with Crippen LogP contribution in [-0.2, 0) is 0 Å². The molecule has 1 aromatic rings. The minimum Gasteiger partial charge on any atom is -0.149 e. The Hall–Kier alpha value is -0.300. The van der Waals surface area contributed by atoms with Crippen molar-refractivity contribution in [1.29, 1.82) is 0 Å². The summed E-state index contributed by atoms with van der Waals surface area (Å²) in [5.41, 5.74) is 1.64. The second-order valence-electron chi connectivity index (χ2n) is 3.77. The summed E-state index contributed by atoms with van der Waals surface area (Å²) in [6, 6.07) is 2.33. The molecule has 0 saturated heterocycles. The highest BCUT2D eigenvalue weighted by Gasteiger charge is 2.17. The van der Waals surface area contributed by atoms with Crippen LogP contribution >= 0.6 is 11.3 Å². The summed E-state index contributed by atoms with van der Waals surface area (Å²) < 4.78 is 0. The predicted molar refractivity (Wildman–Crippen MR) is 54.9 cm³/mol. The van der Waals surface area contributed by atoms with Gasteiger partial charge in [-0.05, 0) is 42.7 Å². The fourth-order valence-electron chi connectivity index (χ4n) is 2.23. The van der Waals surface area contributed by atoms with Crippen molar-refractivity contribution in [3.8, 4) is 0 Å². The van der Waals surface area contributed by atoms with Crippen LogP contribution in [0.4, 0.5) is 0 Å². The summed E-state index contributed by atoms with van der Waals surface area (Å²) in [5.74, 6) is 0.894. The minimum atomic E-state index is 0.894. The lowest BCUT2D eigenvalue weighted by molar-refractivity contribution is 0.443. The maximum absolute atomic E-state index is 2.33. The molecule has 1 heterocycles. The van der Waals surface area contributed by atoms with E-state index >= 15 is 0 Å². The lowest BCUT2D eigenvalue weighted by Gasteiger charge is -2.21. The van der Waals surface area contributed by atoms with Gasteiger partial charge in [0.1, 0.15) is 0 Å². The van der Waals surface area contributed by atoms with E-state index in [4.69, 9.17) is 0 Å². The average Bonchev–Trinajstić information content (AvgIpc) is 2.53. The van der Waals surface area contributed by atoms with Crippen LogP contribution in [0.2, 0.25) is 0 Å². The first-order chi connectivity index (χ1) is 5.88. The van der Waals surface area contributed by atoms with E-state index in [0.717, 1.165) is 5.92 Å². The summed E-state index contributed by atoms with van der Waals surface area (Å²) in [4.78, 5) is 1.54. The van der Waals surface area contributed by atoms with E-state index in [1.54, 1.807) is 10.4 Å². The van der Waals surface area contributed by atoms with Gasteiger partial charge in [0, 0.05) is 4.88 Å². The SMILES string of the molecule is Cc1sccc1C1CCCCC1. The standard InChI is InChI=1S/C11H16S/c1-9-11(7-8-12-9)10-5-3-2-4-6-10/h7-8,10H,2-6H2,1H3. The lowest BCUT2D eigenvalue weighted by Crippen LogP contribution is -2.04. The Kier molecular flexibility index (Phi) is 2.50. The van der Waals surface area contributed by atoms with Crippen LogP contribution in [0.15, 0.2) is 11.4 Å². The van der Waals surface area contributed by atoms with Gasteiger partial charge in [-0.1, -0.05) is 19.3 Å². The molecule has 66 valence electrons. The highest BCUT2D eigenvalue weighted by molar-refractivity contribution is 7.10. The monoisotopic (exact) mass is 180 g/mol. The zero-order valence-corrected chi connectivity index (χ0v) is 8.49. The number of hydrogen-bond acceptors (Lipinski definition) is 1. The van der Waals surface area contributed by atoms with Crippen LogP contribution in [0, 0.1) is 6.92 Å². The Bertz CT molecular complexity index is 243. The van der Waals surface area contributed by atoms with Gasteiger partial charge in [-0.15, -0.1) is 11.3 Å². The fourth-order valence-corrected chi connectivity index (χ4v) is 3.02. The number of thiophene rings is 1. The van der Waals surface area contributed by atoms with Crippen LogP contribution in [-0.4, -0.2) is 0 Å². The molecule has 0 radical (unpaired) electrons. The molecule has 0 spiro atoms. The van der Waals surface area contributed by atoms with Gasteiger partial charge in [-0.2, -0.15) is 0 Å². The van der Waals surface area contributed by atoms with Crippen LogP contribution in [0.1, 0.15) is 48.5 Å². The molecule has 2 rings (SSSR count). The van der Waals surface area contributed by atoms with Crippen molar-refractivity contribution in [2.75, 3.05) is 0 Å². The second-order valence-corrected chi connectivity index (χ2v) is 4.89. The third-order valence-electron chi connectivity index (χ3n) is 2.94. The molecular weight excluding hydrogens is 164 g/mol.